The van der Waals surface area contributed by atoms with Crippen molar-refractivity contribution in [2.45, 2.75) is 20.3 Å². The summed E-state index contributed by atoms with van der Waals surface area (Å²) < 4.78 is 5.50. The summed E-state index contributed by atoms with van der Waals surface area (Å²) in [5, 5.41) is 3.01. The predicted molar refractivity (Wildman–Crippen MR) is 84.6 cm³/mol. The van der Waals surface area contributed by atoms with Crippen molar-refractivity contribution in [2.24, 2.45) is 5.92 Å². The van der Waals surface area contributed by atoms with Gasteiger partial charge in [-0.25, -0.2) is 0 Å². The third-order valence-electron chi connectivity index (χ3n) is 3.95. The topological polar surface area (TPSA) is 67.6 Å². The molecule has 21 heavy (non-hydrogen) atoms. The number of ether oxygens (including phenoxy) is 1. The van der Waals surface area contributed by atoms with Crippen LogP contribution < -0.4 is 15.8 Å². The highest BCUT2D eigenvalue weighted by Gasteiger charge is 2.22. The Morgan fingerprint density at radius 1 is 1.48 bits per heavy atom. The molecule has 2 rings (SSSR count). The quantitative estimate of drug-likeness (QED) is 0.783. The van der Waals surface area contributed by atoms with Crippen molar-refractivity contribution in [1.29, 1.82) is 0 Å². The molecule has 0 spiro atoms. The number of nitrogens with two attached hydrogens (primary N) is 1. The number of nitrogens with one attached hydrogen (secondary N) is 1. The van der Waals surface area contributed by atoms with E-state index in [1.165, 1.54) is 0 Å². The van der Waals surface area contributed by atoms with Crippen molar-refractivity contribution < 1.29 is 9.53 Å². The Kier molecular flexibility index (Phi) is 5.44. The van der Waals surface area contributed by atoms with E-state index in [-0.39, 0.29) is 5.91 Å². The summed E-state index contributed by atoms with van der Waals surface area (Å²) in [5.74, 6) is 0.908. The largest absolute Gasteiger partial charge is 0.491 e. The second kappa shape index (κ2) is 7.31. The molecule has 0 radical (unpaired) electrons. The molecule has 1 heterocycles. The van der Waals surface area contributed by atoms with Crippen molar-refractivity contribution in [3.05, 3.63) is 23.8 Å². The third kappa shape index (κ3) is 3.88. The van der Waals surface area contributed by atoms with Crippen LogP contribution in [0.1, 0.15) is 30.6 Å². The maximum Gasteiger partial charge on any atom is 0.255 e. The second-order valence-electron chi connectivity index (χ2n) is 5.41. The van der Waals surface area contributed by atoms with Crippen LogP contribution in [0.3, 0.4) is 0 Å². The number of amides is 1. The Balaban J connectivity index is 1.96. The van der Waals surface area contributed by atoms with Crippen LogP contribution in [0.2, 0.25) is 0 Å². The van der Waals surface area contributed by atoms with E-state index in [0.717, 1.165) is 26.1 Å². The number of hydrogen-bond acceptors (Lipinski definition) is 4. The summed E-state index contributed by atoms with van der Waals surface area (Å²) in [5.41, 5.74) is 6.91. The number of nitrogens with zero attached hydrogens (tertiary/aromatic N) is 1. The molecule has 5 heteroatoms. The lowest BCUT2D eigenvalue weighted by Gasteiger charge is -2.15. The first-order valence-corrected chi connectivity index (χ1v) is 7.67. The first-order valence-electron chi connectivity index (χ1n) is 7.67. The zero-order valence-corrected chi connectivity index (χ0v) is 12.9. The Bertz CT molecular complexity index is 490. The van der Waals surface area contributed by atoms with Crippen LogP contribution in [0.25, 0.3) is 0 Å². The number of carbonyl (C=O) groups excluding carboxylic acids is 1. The Hall–Kier alpha value is -1.75. The summed E-state index contributed by atoms with van der Waals surface area (Å²) in [6.07, 6.45) is 1.14. The summed E-state index contributed by atoms with van der Waals surface area (Å²) in [6, 6.07) is 5.28. The van der Waals surface area contributed by atoms with Gasteiger partial charge >= 0.3 is 0 Å². The number of hydrogen-bond donors (Lipinski definition) is 2. The summed E-state index contributed by atoms with van der Waals surface area (Å²) in [4.78, 5) is 14.7. The zero-order chi connectivity index (χ0) is 15.2. The monoisotopic (exact) mass is 291 g/mol. The minimum atomic E-state index is -0.110. The van der Waals surface area contributed by atoms with Crippen LogP contribution in [0, 0.1) is 5.92 Å². The highest BCUT2D eigenvalue weighted by Crippen LogP contribution is 2.26. The molecule has 1 aliphatic heterocycles. The SMILES string of the molecule is CCOc1c(N)cccc1C(=O)NCC1CCN(CC)C1. The van der Waals surface area contributed by atoms with Gasteiger partial charge < -0.3 is 20.7 Å². The zero-order valence-electron chi connectivity index (χ0n) is 12.9. The fraction of sp³-hybridized carbons (Fsp3) is 0.562. The van der Waals surface area contributed by atoms with Gasteiger partial charge in [-0.15, -0.1) is 0 Å². The Morgan fingerprint density at radius 3 is 2.95 bits per heavy atom. The Morgan fingerprint density at radius 2 is 2.29 bits per heavy atom. The molecule has 1 aromatic rings. The predicted octanol–water partition coefficient (Wildman–Crippen LogP) is 1.74. The Labute approximate surface area is 126 Å². The van der Waals surface area contributed by atoms with Gasteiger partial charge in [0.05, 0.1) is 17.9 Å². The second-order valence-corrected chi connectivity index (χ2v) is 5.41. The fourth-order valence-electron chi connectivity index (χ4n) is 2.74. The van der Waals surface area contributed by atoms with E-state index in [2.05, 4.69) is 17.1 Å². The van der Waals surface area contributed by atoms with Gasteiger partial charge in [0.1, 0.15) is 0 Å². The number of carbonyl (C=O) groups is 1. The van der Waals surface area contributed by atoms with Gasteiger partial charge in [-0.1, -0.05) is 13.0 Å². The molecule has 5 nitrogen and oxygen atoms in total. The van der Waals surface area contributed by atoms with Crippen LogP contribution in [0.5, 0.6) is 5.75 Å². The third-order valence-corrected chi connectivity index (χ3v) is 3.95. The number of nitrogen functional groups attached to an aromatic ring is 1. The molecule has 0 aliphatic carbocycles. The van der Waals surface area contributed by atoms with Crippen molar-refractivity contribution in [2.75, 3.05) is 38.5 Å². The van der Waals surface area contributed by atoms with Gasteiger partial charge in [0.2, 0.25) is 0 Å². The number of benzene rings is 1. The van der Waals surface area contributed by atoms with E-state index in [4.69, 9.17) is 10.5 Å². The molecule has 3 N–H and O–H groups in total. The smallest absolute Gasteiger partial charge is 0.255 e. The van der Waals surface area contributed by atoms with E-state index in [1.807, 2.05) is 6.92 Å². The van der Waals surface area contributed by atoms with Crippen LogP contribution >= 0.6 is 0 Å². The minimum Gasteiger partial charge on any atom is -0.491 e. The van der Waals surface area contributed by atoms with E-state index >= 15 is 0 Å². The maximum absolute atomic E-state index is 12.3. The number of anilines is 1. The first-order chi connectivity index (χ1) is 10.2. The van der Waals surface area contributed by atoms with Crippen LogP contribution in [-0.2, 0) is 0 Å². The van der Waals surface area contributed by atoms with Crippen LogP contribution in [-0.4, -0.2) is 43.6 Å². The number of likely N-dealkylation sites (tertiary alicyclic amines) is 1. The molecule has 0 bridgehead atoms. The van der Waals surface area contributed by atoms with Crippen LogP contribution in [0.4, 0.5) is 5.69 Å². The van der Waals surface area contributed by atoms with Gasteiger partial charge in [0.25, 0.3) is 5.91 Å². The lowest BCUT2D eigenvalue weighted by Crippen LogP contribution is -2.31. The molecule has 1 atom stereocenters. The highest BCUT2D eigenvalue weighted by atomic mass is 16.5. The molecule has 1 aromatic carbocycles. The number of para-hydroxylation sites is 1. The molecular weight excluding hydrogens is 266 g/mol. The van der Waals surface area contributed by atoms with Crippen molar-refractivity contribution in [3.63, 3.8) is 0 Å². The maximum atomic E-state index is 12.3. The number of rotatable bonds is 6. The highest BCUT2D eigenvalue weighted by molar-refractivity contribution is 5.98. The van der Waals surface area contributed by atoms with Gasteiger partial charge in [0.15, 0.2) is 5.75 Å². The summed E-state index contributed by atoms with van der Waals surface area (Å²) in [6.45, 7) is 8.51. The molecule has 1 saturated heterocycles. The average Bonchev–Trinajstić information content (AvgIpc) is 2.95. The van der Waals surface area contributed by atoms with E-state index in [1.54, 1.807) is 18.2 Å². The standard InChI is InChI=1S/C16H25N3O2/c1-3-19-9-8-12(11-19)10-18-16(20)13-6-5-7-14(17)15(13)21-4-2/h5-7,12H,3-4,8-11,17H2,1-2H3,(H,18,20). The van der Waals surface area contributed by atoms with Crippen molar-refractivity contribution >= 4 is 11.6 Å². The fourth-order valence-corrected chi connectivity index (χ4v) is 2.74. The molecule has 1 aliphatic rings. The summed E-state index contributed by atoms with van der Waals surface area (Å²) in [7, 11) is 0. The van der Waals surface area contributed by atoms with Crippen molar-refractivity contribution in [1.82, 2.24) is 10.2 Å². The first kappa shape index (κ1) is 15.6. The average molecular weight is 291 g/mol. The van der Waals surface area contributed by atoms with Gasteiger partial charge in [0, 0.05) is 13.1 Å². The van der Waals surface area contributed by atoms with Crippen LogP contribution in [0.15, 0.2) is 18.2 Å². The molecule has 0 saturated carbocycles. The molecule has 0 aromatic heterocycles. The summed E-state index contributed by atoms with van der Waals surface area (Å²) >= 11 is 0. The van der Waals surface area contributed by atoms with E-state index in [0.29, 0.717) is 36.1 Å². The van der Waals surface area contributed by atoms with Gasteiger partial charge in [-0.3, -0.25) is 4.79 Å². The molecular formula is C16H25N3O2. The molecule has 1 amide bonds. The van der Waals surface area contributed by atoms with Crippen molar-refractivity contribution in [3.8, 4) is 5.75 Å². The molecule has 1 unspecified atom stereocenters. The van der Waals surface area contributed by atoms with E-state index in [9.17, 15) is 4.79 Å². The van der Waals surface area contributed by atoms with Gasteiger partial charge in [-0.05, 0) is 44.5 Å². The normalized spacial score (nSPS) is 18.7. The lowest BCUT2D eigenvalue weighted by atomic mass is 10.1. The van der Waals surface area contributed by atoms with E-state index < -0.39 is 0 Å². The lowest BCUT2D eigenvalue weighted by molar-refractivity contribution is 0.0943. The van der Waals surface area contributed by atoms with Gasteiger partial charge in [-0.2, -0.15) is 0 Å². The molecule has 116 valence electrons. The molecule has 1 fully saturated rings. The minimum absolute atomic E-state index is 0.110.